The molecule has 2 N–H and O–H groups in total. The number of hydrogen-bond donors (Lipinski definition) is 1. The molecule has 1 aliphatic heterocycles. The summed E-state index contributed by atoms with van der Waals surface area (Å²) in [6.45, 7) is 3.65. The van der Waals surface area contributed by atoms with Gasteiger partial charge >= 0.3 is 0 Å². The van der Waals surface area contributed by atoms with Gasteiger partial charge in [0.1, 0.15) is 23.1 Å². The Kier molecular flexibility index (Phi) is 5.12. The average Bonchev–Trinajstić information content (AvgIpc) is 3.63. The first-order chi connectivity index (χ1) is 15.4. The van der Waals surface area contributed by atoms with Gasteiger partial charge < -0.3 is 19.9 Å². The largest absolute Gasteiger partial charge is 0.490 e. The summed E-state index contributed by atoms with van der Waals surface area (Å²) in [6.07, 6.45) is 3.48. The predicted molar refractivity (Wildman–Crippen MR) is 124 cm³/mol. The van der Waals surface area contributed by atoms with E-state index >= 15 is 0 Å². The Morgan fingerprint density at radius 2 is 1.97 bits per heavy atom. The van der Waals surface area contributed by atoms with Gasteiger partial charge in [-0.15, -0.1) is 0 Å². The van der Waals surface area contributed by atoms with Gasteiger partial charge in [0.05, 0.1) is 11.2 Å². The van der Waals surface area contributed by atoms with E-state index in [0.29, 0.717) is 17.0 Å². The van der Waals surface area contributed by atoms with Gasteiger partial charge in [0.15, 0.2) is 0 Å². The van der Waals surface area contributed by atoms with E-state index in [9.17, 15) is 9.59 Å². The van der Waals surface area contributed by atoms with E-state index in [2.05, 4.69) is 35.0 Å². The molecule has 0 spiro atoms. The smallest absolute Gasteiger partial charge is 0.267 e. The second-order valence-corrected chi connectivity index (χ2v) is 9.07. The number of nitrogens with zero attached hydrogens (tertiary/aromatic N) is 3. The minimum Gasteiger partial charge on any atom is -0.490 e. The summed E-state index contributed by atoms with van der Waals surface area (Å²) < 4.78 is 7.93. The number of aryl methyl sites for hydroxylation is 1. The van der Waals surface area contributed by atoms with Crippen LogP contribution in [-0.4, -0.2) is 34.7 Å². The van der Waals surface area contributed by atoms with Crippen molar-refractivity contribution in [1.82, 2.24) is 9.55 Å². The van der Waals surface area contributed by atoms with Crippen molar-refractivity contribution < 1.29 is 9.53 Å². The Labute approximate surface area is 186 Å². The fraction of sp³-hybridized carbons (Fsp3) is 0.400. The molecule has 3 aromatic rings. The first-order valence-electron chi connectivity index (χ1n) is 11.2. The Bertz CT molecular complexity index is 1250. The first-order valence-corrected chi connectivity index (χ1v) is 11.2. The minimum absolute atomic E-state index is 0.104. The highest BCUT2D eigenvalue weighted by atomic mass is 16.5. The maximum Gasteiger partial charge on any atom is 0.267 e. The van der Waals surface area contributed by atoms with Crippen molar-refractivity contribution >= 4 is 22.6 Å². The van der Waals surface area contributed by atoms with Gasteiger partial charge in [0.25, 0.3) is 11.5 Å². The van der Waals surface area contributed by atoms with Gasteiger partial charge in [-0.1, -0.05) is 19.1 Å². The maximum atomic E-state index is 12.6. The van der Waals surface area contributed by atoms with Gasteiger partial charge in [0, 0.05) is 38.5 Å². The van der Waals surface area contributed by atoms with Crippen molar-refractivity contribution in [2.45, 2.75) is 38.2 Å². The Balaban J connectivity index is 1.39. The Hall–Kier alpha value is -3.35. The molecule has 2 atom stereocenters. The van der Waals surface area contributed by atoms with Gasteiger partial charge in [-0.25, -0.2) is 4.98 Å². The van der Waals surface area contributed by atoms with E-state index in [-0.39, 0.29) is 23.3 Å². The molecule has 7 nitrogen and oxygen atoms in total. The fourth-order valence-corrected chi connectivity index (χ4v) is 4.64. The van der Waals surface area contributed by atoms with Crippen LogP contribution in [0.4, 0.5) is 5.69 Å². The molecule has 2 aromatic heterocycles. The number of rotatable bonds is 5. The van der Waals surface area contributed by atoms with Crippen LogP contribution in [0.5, 0.6) is 5.75 Å². The lowest BCUT2D eigenvalue weighted by molar-refractivity contribution is 0.0996. The van der Waals surface area contributed by atoms with Crippen LogP contribution in [0, 0.1) is 5.92 Å². The molecule has 1 amide bonds. The number of fused-ring (bicyclic) bond motifs is 1. The van der Waals surface area contributed by atoms with E-state index < -0.39 is 5.91 Å². The minimum atomic E-state index is -0.583. The molecule has 2 aliphatic rings. The predicted octanol–water partition coefficient (Wildman–Crippen LogP) is 3.20. The first kappa shape index (κ1) is 20.5. The zero-order chi connectivity index (χ0) is 22.4. The summed E-state index contributed by atoms with van der Waals surface area (Å²) in [7, 11) is 1.71. The molecule has 0 radical (unpaired) electrons. The fourth-order valence-electron chi connectivity index (χ4n) is 4.64. The van der Waals surface area contributed by atoms with Crippen LogP contribution in [0.3, 0.4) is 0 Å². The number of carbonyl (C=O) groups excluding carboxylic acids is 1. The molecule has 1 aliphatic carbocycles. The van der Waals surface area contributed by atoms with Gasteiger partial charge in [-0.05, 0) is 48.6 Å². The van der Waals surface area contributed by atoms with Crippen LogP contribution in [0.25, 0.3) is 11.0 Å². The van der Waals surface area contributed by atoms with Crippen LogP contribution in [-0.2, 0) is 7.05 Å². The number of pyridine rings is 2. The van der Waals surface area contributed by atoms with E-state index in [1.165, 1.54) is 18.4 Å². The molecular formula is C25H28N4O3. The lowest BCUT2D eigenvalue weighted by atomic mass is 9.95. The highest BCUT2D eigenvalue weighted by Gasteiger charge is 2.30. The number of nitrogens with two attached hydrogens (primary N) is 1. The van der Waals surface area contributed by atoms with Crippen molar-refractivity contribution in [3.63, 3.8) is 0 Å². The number of benzene rings is 1. The molecule has 3 heterocycles. The molecule has 2 fully saturated rings. The molecule has 7 heteroatoms. The molecule has 5 rings (SSSR count). The monoisotopic (exact) mass is 432 g/mol. The van der Waals surface area contributed by atoms with Gasteiger partial charge in [-0.3, -0.25) is 9.59 Å². The van der Waals surface area contributed by atoms with Gasteiger partial charge in [0.2, 0.25) is 0 Å². The van der Waals surface area contributed by atoms with Crippen molar-refractivity contribution in [2.24, 2.45) is 18.7 Å². The highest BCUT2D eigenvalue weighted by Crippen LogP contribution is 2.41. The van der Waals surface area contributed by atoms with Crippen LogP contribution in [0.2, 0.25) is 0 Å². The SMILES string of the molecule is C[C@@H]1CN(c2cc(=O)n(C)c3ccc(C(N)=O)nc23)CC[C@@H]1Oc1cccc(C2CC2)c1. The van der Waals surface area contributed by atoms with Crippen molar-refractivity contribution in [3.8, 4) is 5.75 Å². The quantitative estimate of drug-likeness (QED) is 0.669. The molecule has 0 unspecified atom stereocenters. The number of amides is 1. The molecule has 166 valence electrons. The van der Waals surface area contributed by atoms with Crippen molar-refractivity contribution in [3.05, 3.63) is 64.1 Å². The second-order valence-electron chi connectivity index (χ2n) is 9.07. The number of ether oxygens (including phenoxy) is 1. The summed E-state index contributed by atoms with van der Waals surface area (Å²) in [5.41, 5.74) is 8.95. The normalized spacial score (nSPS) is 21.0. The standard InChI is InChI=1S/C25H28N4O3/c1-15-14-29(11-10-22(15)32-18-5-3-4-17(12-18)16-6-7-16)21-13-23(30)28(2)20-9-8-19(25(26)31)27-24(20)21/h3-5,8-9,12-13,15-16,22H,6-7,10-11,14H2,1-2H3,(H2,26,31)/t15-,22+/m1/s1. The van der Waals surface area contributed by atoms with Crippen LogP contribution in [0.15, 0.2) is 47.3 Å². The molecular weight excluding hydrogens is 404 g/mol. The number of carbonyl (C=O) groups is 1. The Morgan fingerprint density at radius 1 is 1.16 bits per heavy atom. The molecule has 1 saturated carbocycles. The second kappa shape index (κ2) is 7.97. The number of hydrogen-bond acceptors (Lipinski definition) is 5. The van der Waals surface area contributed by atoms with E-state index in [1.807, 2.05) is 6.07 Å². The Morgan fingerprint density at radius 3 is 2.69 bits per heavy atom. The van der Waals surface area contributed by atoms with E-state index in [4.69, 9.17) is 10.5 Å². The third-order valence-electron chi connectivity index (χ3n) is 6.68. The number of anilines is 1. The third kappa shape index (κ3) is 3.83. The van der Waals surface area contributed by atoms with Gasteiger partial charge in [-0.2, -0.15) is 0 Å². The number of primary amides is 1. The number of aromatic nitrogens is 2. The lowest BCUT2D eigenvalue weighted by Gasteiger charge is -2.38. The topological polar surface area (TPSA) is 90.5 Å². The van der Waals surface area contributed by atoms with E-state index in [0.717, 1.165) is 30.9 Å². The molecule has 1 aromatic carbocycles. The summed E-state index contributed by atoms with van der Waals surface area (Å²) in [6, 6.07) is 13.4. The van der Waals surface area contributed by atoms with Crippen molar-refractivity contribution in [2.75, 3.05) is 18.0 Å². The van der Waals surface area contributed by atoms with Crippen LogP contribution < -0.4 is 20.9 Å². The zero-order valence-electron chi connectivity index (χ0n) is 18.5. The average molecular weight is 433 g/mol. The summed E-state index contributed by atoms with van der Waals surface area (Å²) in [4.78, 5) is 30.9. The van der Waals surface area contributed by atoms with E-state index in [1.54, 1.807) is 29.8 Å². The summed E-state index contributed by atoms with van der Waals surface area (Å²) >= 11 is 0. The van der Waals surface area contributed by atoms with Crippen LogP contribution >= 0.6 is 0 Å². The molecule has 0 bridgehead atoms. The zero-order valence-corrected chi connectivity index (χ0v) is 18.5. The third-order valence-corrected chi connectivity index (χ3v) is 6.68. The molecule has 1 saturated heterocycles. The van der Waals surface area contributed by atoms with Crippen LogP contribution in [0.1, 0.15) is 48.2 Å². The van der Waals surface area contributed by atoms with Crippen molar-refractivity contribution in [1.29, 1.82) is 0 Å². The summed E-state index contributed by atoms with van der Waals surface area (Å²) in [5.74, 6) is 1.31. The highest BCUT2D eigenvalue weighted by molar-refractivity contribution is 5.96. The lowest BCUT2D eigenvalue weighted by Crippen LogP contribution is -2.45. The summed E-state index contributed by atoms with van der Waals surface area (Å²) in [5, 5.41) is 0. The number of piperidine rings is 1. The molecule has 32 heavy (non-hydrogen) atoms. The maximum absolute atomic E-state index is 12.6.